The van der Waals surface area contributed by atoms with Crippen LogP contribution in [0.1, 0.15) is 17.0 Å². The first-order valence-electron chi connectivity index (χ1n) is 8.67. The SMILES string of the molecule is Cc1cc(C)n(CC(=O)NCc2ccc(N3CCN(C)CC3)nc2)n1. The molecule has 2 aromatic heterocycles. The summed E-state index contributed by atoms with van der Waals surface area (Å²) < 4.78 is 1.72. The van der Waals surface area contributed by atoms with Crippen molar-refractivity contribution in [2.75, 3.05) is 38.1 Å². The Bertz CT molecular complexity index is 716. The lowest BCUT2D eigenvalue weighted by Crippen LogP contribution is -2.44. The van der Waals surface area contributed by atoms with Crippen molar-refractivity contribution >= 4 is 11.7 Å². The van der Waals surface area contributed by atoms with Crippen LogP contribution in [0.4, 0.5) is 5.82 Å². The number of carbonyl (C=O) groups is 1. The molecule has 1 aliphatic rings. The molecule has 0 aliphatic carbocycles. The topological polar surface area (TPSA) is 66.3 Å². The van der Waals surface area contributed by atoms with Gasteiger partial charge in [-0.05, 0) is 38.6 Å². The lowest BCUT2D eigenvalue weighted by molar-refractivity contribution is -0.122. The third kappa shape index (κ3) is 4.57. The van der Waals surface area contributed by atoms with Crippen LogP contribution in [-0.4, -0.2) is 58.8 Å². The summed E-state index contributed by atoms with van der Waals surface area (Å²) in [5.41, 5.74) is 2.92. The van der Waals surface area contributed by atoms with Gasteiger partial charge in [-0.3, -0.25) is 9.48 Å². The molecule has 1 N–H and O–H groups in total. The smallest absolute Gasteiger partial charge is 0.242 e. The Labute approximate surface area is 148 Å². The molecule has 25 heavy (non-hydrogen) atoms. The Balaban J connectivity index is 1.50. The fourth-order valence-electron chi connectivity index (χ4n) is 2.97. The second-order valence-electron chi connectivity index (χ2n) is 6.68. The molecule has 0 spiro atoms. The standard InChI is InChI=1S/C18H26N6O/c1-14-10-15(2)24(21-14)13-18(25)20-12-16-4-5-17(19-11-16)23-8-6-22(3)7-9-23/h4-5,10-11H,6-9,12-13H2,1-3H3,(H,20,25). The van der Waals surface area contributed by atoms with Crippen molar-refractivity contribution in [3.8, 4) is 0 Å². The van der Waals surface area contributed by atoms with Gasteiger partial charge in [0.1, 0.15) is 12.4 Å². The third-order valence-electron chi connectivity index (χ3n) is 4.52. The molecular formula is C18H26N6O. The molecule has 2 aromatic rings. The number of carbonyl (C=O) groups excluding carboxylic acids is 1. The molecule has 7 heteroatoms. The number of pyridine rings is 1. The number of nitrogens with one attached hydrogen (secondary N) is 1. The van der Waals surface area contributed by atoms with E-state index < -0.39 is 0 Å². The van der Waals surface area contributed by atoms with Crippen molar-refractivity contribution < 1.29 is 4.79 Å². The van der Waals surface area contributed by atoms with Crippen LogP contribution in [0, 0.1) is 13.8 Å². The molecule has 0 bridgehead atoms. The summed E-state index contributed by atoms with van der Waals surface area (Å²) in [5.74, 6) is 0.958. The Morgan fingerprint density at radius 3 is 2.56 bits per heavy atom. The Hall–Kier alpha value is -2.41. The molecule has 3 rings (SSSR count). The minimum atomic E-state index is -0.0469. The number of rotatable bonds is 5. The van der Waals surface area contributed by atoms with Gasteiger partial charge in [0, 0.05) is 44.6 Å². The third-order valence-corrected chi connectivity index (χ3v) is 4.52. The number of hydrogen-bond acceptors (Lipinski definition) is 5. The summed E-state index contributed by atoms with van der Waals surface area (Å²) in [6, 6.07) is 6.03. The lowest BCUT2D eigenvalue weighted by atomic mass is 10.2. The molecule has 1 amide bonds. The fourth-order valence-corrected chi connectivity index (χ4v) is 2.97. The maximum atomic E-state index is 12.1. The van der Waals surface area contributed by atoms with Crippen LogP contribution >= 0.6 is 0 Å². The summed E-state index contributed by atoms with van der Waals surface area (Å²) >= 11 is 0. The van der Waals surface area contributed by atoms with Gasteiger partial charge in [-0.2, -0.15) is 5.10 Å². The van der Waals surface area contributed by atoms with E-state index >= 15 is 0 Å². The number of hydrogen-bond donors (Lipinski definition) is 1. The highest BCUT2D eigenvalue weighted by molar-refractivity contribution is 5.75. The number of piperazine rings is 1. The molecule has 1 aliphatic heterocycles. The number of nitrogens with zero attached hydrogens (tertiary/aromatic N) is 5. The zero-order chi connectivity index (χ0) is 17.8. The van der Waals surface area contributed by atoms with Gasteiger partial charge < -0.3 is 15.1 Å². The molecule has 134 valence electrons. The highest BCUT2D eigenvalue weighted by atomic mass is 16.2. The van der Waals surface area contributed by atoms with Crippen LogP contribution in [0.5, 0.6) is 0 Å². The van der Waals surface area contributed by atoms with Gasteiger partial charge in [0.05, 0.1) is 5.69 Å². The van der Waals surface area contributed by atoms with Crippen LogP contribution in [0.15, 0.2) is 24.4 Å². The predicted octanol–water partition coefficient (Wildman–Crippen LogP) is 0.963. The second-order valence-corrected chi connectivity index (χ2v) is 6.68. The van der Waals surface area contributed by atoms with Gasteiger partial charge in [0.25, 0.3) is 0 Å². The molecule has 0 atom stereocenters. The highest BCUT2D eigenvalue weighted by Crippen LogP contribution is 2.13. The summed E-state index contributed by atoms with van der Waals surface area (Å²) in [4.78, 5) is 21.3. The Morgan fingerprint density at radius 1 is 1.20 bits per heavy atom. The van der Waals surface area contributed by atoms with Gasteiger partial charge in [0.15, 0.2) is 0 Å². The van der Waals surface area contributed by atoms with Crippen LogP contribution in [0.2, 0.25) is 0 Å². The molecule has 0 saturated carbocycles. The average Bonchev–Trinajstić information content (AvgIpc) is 2.91. The molecule has 0 aromatic carbocycles. The van der Waals surface area contributed by atoms with Gasteiger partial charge in [-0.1, -0.05) is 6.07 Å². The largest absolute Gasteiger partial charge is 0.354 e. The minimum Gasteiger partial charge on any atom is -0.354 e. The summed E-state index contributed by atoms with van der Waals surface area (Å²) in [5, 5.41) is 7.24. The van der Waals surface area contributed by atoms with Crippen LogP contribution in [0.3, 0.4) is 0 Å². The van der Waals surface area contributed by atoms with Crippen LogP contribution < -0.4 is 10.2 Å². The van der Waals surface area contributed by atoms with E-state index in [-0.39, 0.29) is 12.5 Å². The predicted molar refractivity (Wildman–Crippen MR) is 97.5 cm³/mol. The van der Waals surface area contributed by atoms with E-state index in [9.17, 15) is 4.79 Å². The van der Waals surface area contributed by atoms with Crippen LogP contribution in [-0.2, 0) is 17.9 Å². The van der Waals surface area contributed by atoms with Crippen molar-refractivity contribution in [1.29, 1.82) is 0 Å². The Morgan fingerprint density at radius 2 is 1.96 bits per heavy atom. The molecular weight excluding hydrogens is 316 g/mol. The normalized spacial score (nSPS) is 15.4. The lowest BCUT2D eigenvalue weighted by Gasteiger charge is -2.33. The van der Waals surface area contributed by atoms with Gasteiger partial charge in [-0.25, -0.2) is 4.98 Å². The quantitative estimate of drug-likeness (QED) is 0.877. The number of anilines is 1. The van der Waals surface area contributed by atoms with Crippen molar-refractivity contribution in [2.24, 2.45) is 0 Å². The van der Waals surface area contributed by atoms with Crippen molar-refractivity contribution in [3.63, 3.8) is 0 Å². The monoisotopic (exact) mass is 342 g/mol. The first kappa shape index (κ1) is 17.4. The van der Waals surface area contributed by atoms with Gasteiger partial charge in [0.2, 0.25) is 5.91 Å². The zero-order valence-electron chi connectivity index (χ0n) is 15.2. The number of aromatic nitrogens is 3. The van der Waals surface area contributed by atoms with Gasteiger partial charge in [-0.15, -0.1) is 0 Å². The van der Waals surface area contributed by atoms with E-state index in [2.05, 4.69) is 32.2 Å². The maximum absolute atomic E-state index is 12.1. The summed E-state index contributed by atoms with van der Waals surface area (Å²) in [7, 11) is 2.14. The highest BCUT2D eigenvalue weighted by Gasteiger charge is 2.15. The zero-order valence-corrected chi connectivity index (χ0v) is 15.2. The molecule has 1 fully saturated rings. The molecule has 0 unspecified atom stereocenters. The Kier molecular flexibility index (Phi) is 5.33. The molecule has 0 radical (unpaired) electrons. The molecule has 3 heterocycles. The van der Waals surface area contributed by atoms with Crippen molar-refractivity contribution in [1.82, 2.24) is 25.0 Å². The number of amides is 1. The number of likely N-dealkylation sites (N-methyl/N-ethyl adjacent to an activating group) is 1. The van der Waals surface area contributed by atoms with E-state index in [1.54, 1.807) is 4.68 Å². The molecule has 1 saturated heterocycles. The van der Waals surface area contributed by atoms with E-state index in [4.69, 9.17) is 0 Å². The van der Waals surface area contributed by atoms with E-state index in [0.717, 1.165) is 48.9 Å². The average molecular weight is 342 g/mol. The van der Waals surface area contributed by atoms with Gasteiger partial charge >= 0.3 is 0 Å². The van der Waals surface area contributed by atoms with E-state index in [0.29, 0.717) is 6.54 Å². The first-order chi connectivity index (χ1) is 12.0. The summed E-state index contributed by atoms with van der Waals surface area (Å²) in [6.45, 7) is 8.73. The first-order valence-corrected chi connectivity index (χ1v) is 8.67. The van der Waals surface area contributed by atoms with E-state index in [1.165, 1.54) is 0 Å². The number of aryl methyl sites for hydroxylation is 2. The minimum absolute atomic E-state index is 0.0469. The second kappa shape index (κ2) is 7.65. The molecule has 7 nitrogen and oxygen atoms in total. The van der Waals surface area contributed by atoms with E-state index in [1.807, 2.05) is 38.2 Å². The van der Waals surface area contributed by atoms with Crippen molar-refractivity contribution in [2.45, 2.75) is 26.9 Å². The van der Waals surface area contributed by atoms with Crippen LogP contribution in [0.25, 0.3) is 0 Å². The maximum Gasteiger partial charge on any atom is 0.242 e. The summed E-state index contributed by atoms with van der Waals surface area (Å²) in [6.07, 6.45) is 1.84. The van der Waals surface area contributed by atoms with Crippen molar-refractivity contribution in [3.05, 3.63) is 41.3 Å². The fraction of sp³-hybridized carbons (Fsp3) is 0.500.